The van der Waals surface area contributed by atoms with Crippen LogP contribution in [0.2, 0.25) is 0 Å². The summed E-state index contributed by atoms with van der Waals surface area (Å²) in [5, 5.41) is 3.09. The van der Waals surface area contributed by atoms with Gasteiger partial charge in [-0.2, -0.15) is 0 Å². The number of esters is 1. The Morgan fingerprint density at radius 1 is 1.15 bits per heavy atom. The third-order valence-corrected chi connectivity index (χ3v) is 2.65. The number of nitrogens with one attached hydrogen (secondary N) is 1. The lowest BCUT2D eigenvalue weighted by Gasteiger charge is -2.11. The first kappa shape index (κ1) is 13.6. The number of benzene rings is 2. The second-order valence-corrected chi connectivity index (χ2v) is 3.90. The summed E-state index contributed by atoms with van der Waals surface area (Å²) in [6.07, 6.45) is 0. The Labute approximate surface area is 116 Å². The van der Waals surface area contributed by atoms with Crippen molar-refractivity contribution in [1.29, 1.82) is 0 Å². The van der Waals surface area contributed by atoms with Gasteiger partial charge in [0.1, 0.15) is 5.75 Å². The smallest absolute Gasteiger partial charge is 0.347 e. The highest BCUT2D eigenvalue weighted by Gasteiger charge is 2.12. The Bertz CT molecular complexity index is 625. The minimum absolute atomic E-state index is 0.116. The molecule has 5 nitrogen and oxygen atoms in total. The molecule has 102 valence electrons. The van der Waals surface area contributed by atoms with Crippen LogP contribution in [-0.4, -0.2) is 19.6 Å². The molecule has 0 bridgehead atoms. The van der Waals surface area contributed by atoms with Crippen LogP contribution in [0.3, 0.4) is 0 Å². The van der Waals surface area contributed by atoms with E-state index in [4.69, 9.17) is 4.74 Å². The van der Waals surface area contributed by atoms with Crippen molar-refractivity contribution in [3.05, 3.63) is 54.1 Å². The summed E-state index contributed by atoms with van der Waals surface area (Å²) in [6, 6.07) is 14.0. The monoisotopic (exact) mass is 271 g/mol. The van der Waals surface area contributed by atoms with Gasteiger partial charge in [0, 0.05) is 11.8 Å². The average molecular weight is 271 g/mol. The molecule has 2 aromatic rings. The van der Waals surface area contributed by atoms with Crippen LogP contribution >= 0.6 is 0 Å². The Balaban J connectivity index is 2.28. The van der Waals surface area contributed by atoms with Crippen LogP contribution in [0.1, 0.15) is 10.4 Å². The molecule has 0 atom stereocenters. The van der Waals surface area contributed by atoms with E-state index in [0.29, 0.717) is 11.4 Å². The van der Waals surface area contributed by atoms with E-state index in [9.17, 15) is 9.59 Å². The molecule has 0 aliphatic carbocycles. The van der Waals surface area contributed by atoms with Crippen molar-refractivity contribution in [3.63, 3.8) is 0 Å². The summed E-state index contributed by atoms with van der Waals surface area (Å²) < 4.78 is 9.50. The van der Waals surface area contributed by atoms with Crippen LogP contribution in [0.5, 0.6) is 5.75 Å². The first-order valence-electron chi connectivity index (χ1n) is 5.89. The molecule has 0 aliphatic rings. The lowest BCUT2D eigenvalue weighted by molar-refractivity contribution is -0.123. The molecule has 0 aliphatic heterocycles. The largest absolute Gasteiger partial charge is 0.497 e. The molecule has 1 N–H and O–H groups in total. The van der Waals surface area contributed by atoms with E-state index in [2.05, 4.69) is 10.1 Å². The minimum atomic E-state index is -0.703. The van der Waals surface area contributed by atoms with Gasteiger partial charge in [0.2, 0.25) is 0 Å². The van der Waals surface area contributed by atoms with E-state index in [0.717, 1.165) is 5.69 Å². The molecule has 0 fully saturated rings. The summed E-state index contributed by atoms with van der Waals surface area (Å²) in [5.41, 5.74) is 1.59. The van der Waals surface area contributed by atoms with Crippen molar-refractivity contribution in [2.24, 2.45) is 0 Å². The maximum Gasteiger partial charge on any atom is 0.347 e. The zero-order chi connectivity index (χ0) is 14.4. The molecule has 2 aromatic carbocycles. The number of para-hydroxylation sites is 1. The molecule has 0 radical (unpaired) electrons. The van der Waals surface area contributed by atoms with Gasteiger partial charge < -0.3 is 14.8 Å². The second kappa shape index (κ2) is 6.38. The number of methoxy groups -OCH3 is 1. The first-order valence-corrected chi connectivity index (χ1v) is 5.89. The highest BCUT2D eigenvalue weighted by molar-refractivity contribution is 5.99. The topological polar surface area (TPSA) is 64.6 Å². The average Bonchev–Trinajstić information content (AvgIpc) is 2.48. The summed E-state index contributed by atoms with van der Waals surface area (Å²) >= 11 is 0. The summed E-state index contributed by atoms with van der Waals surface area (Å²) in [5.74, 6) is -0.00561. The van der Waals surface area contributed by atoms with Crippen molar-refractivity contribution in [1.82, 2.24) is 0 Å². The number of carbonyl (C=O) groups excluding carboxylic acids is 2. The standard InChI is InChI=1S/C15H13NO4/c1-19-12-6-4-5-11(9-12)16-14-8-3-2-7-13(14)15(18)20-10-17/h2-10,16H,1H3. The maximum absolute atomic E-state index is 11.7. The predicted molar refractivity (Wildman–Crippen MR) is 74.2 cm³/mol. The molecular formula is C15H13NO4. The van der Waals surface area contributed by atoms with E-state index in [1.165, 1.54) is 0 Å². The molecule has 0 heterocycles. The predicted octanol–water partition coefficient (Wildman–Crippen LogP) is 2.75. The number of carbonyl (C=O) groups is 2. The lowest BCUT2D eigenvalue weighted by Crippen LogP contribution is -2.06. The van der Waals surface area contributed by atoms with Gasteiger partial charge in [-0.05, 0) is 24.3 Å². The van der Waals surface area contributed by atoms with Crippen molar-refractivity contribution < 1.29 is 19.1 Å². The van der Waals surface area contributed by atoms with Crippen molar-refractivity contribution >= 4 is 23.8 Å². The molecule has 0 unspecified atom stereocenters. The summed E-state index contributed by atoms with van der Waals surface area (Å²) in [6.45, 7) is 0.116. The Morgan fingerprint density at radius 3 is 2.70 bits per heavy atom. The van der Waals surface area contributed by atoms with Gasteiger partial charge in [-0.15, -0.1) is 0 Å². The van der Waals surface area contributed by atoms with Gasteiger partial charge in [0.05, 0.1) is 18.4 Å². The zero-order valence-electron chi connectivity index (χ0n) is 10.8. The van der Waals surface area contributed by atoms with Crippen LogP contribution in [0.25, 0.3) is 0 Å². The third-order valence-electron chi connectivity index (χ3n) is 2.65. The minimum Gasteiger partial charge on any atom is -0.497 e. The normalized spacial score (nSPS) is 9.65. The number of anilines is 2. The highest BCUT2D eigenvalue weighted by atomic mass is 16.6. The van der Waals surface area contributed by atoms with Crippen LogP contribution in [0.15, 0.2) is 48.5 Å². The molecule has 0 spiro atoms. The van der Waals surface area contributed by atoms with E-state index in [1.807, 2.05) is 18.2 Å². The van der Waals surface area contributed by atoms with E-state index >= 15 is 0 Å². The molecule has 20 heavy (non-hydrogen) atoms. The SMILES string of the molecule is COc1cccc(Nc2ccccc2C(=O)OC=O)c1. The number of hydrogen-bond acceptors (Lipinski definition) is 5. The molecular weight excluding hydrogens is 258 g/mol. The van der Waals surface area contributed by atoms with Gasteiger partial charge >= 0.3 is 12.4 Å². The summed E-state index contributed by atoms with van der Waals surface area (Å²) in [4.78, 5) is 21.9. The van der Waals surface area contributed by atoms with Crippen LogP contribution in [-0.2, 0) is 9.53 Å². The zero-order valence-corrected chi connectivity index (χ0v) is 10.8. The molecule has 0 amide bonds. The Kier molecular flexibility index (Phi) is 4.34. The third kappa shape index (κ3) is 3.14. The van der Waals surface area contributed by atoms with E-state index in [-0.39, 0.29) is 12.0 Å². The van der Waals surface area contributed by atoms with Gasteiger partial charge in [-0.1, -0.05) is 18.2 Å². The van der Waals surface area contributed by atoms with Gasteiger partial charge in [0.15, 0.2) is 0 Å². The molecule has 5 heteroatoms. The first-order chi connectivity index (χ1) is 9.74. The summed E-state index contributed by atoms with van der Waals surface area (Å²) in [7, 11) is 1.58. The fraction of sp³-hybridized carbons (Fsp3) is 0.0667. The highest BCUT2D eigenvalue weighted by Crippen LogP contribution is 2.24. The van der Waals surface area contributed by atoms with Crippen molar-refractivity contribution in [2.75, 3.05) is 12.4 Å². The number of hydrogen-bond donors (Lipinski definition) is 1. The Morgan fingerprint density at radius 2 is 1.95 bits per heavy atom. The van der Waals surface area contributed by atoms with Crippen LogP contribution in [0, 0.1) is 0 Å². The molecule has 0 saturated carbocycles. The molecule has 2 rings (SSSR count). The molecule has 0 saturated heterocycles. The van der Waals surface area contributed by atoms with Crippen molar-refractivity contribution in [3.8, 4) is 5.75 Å². The second-order valence-electron chi connectivity index (χ2n) is 3.90. The van der Waals surface area contributed by atoms with Gasteiger partial charge in [-0.3, -0.25) is 4.79 Å². The molecule has 0 aromatic heterocycles. The number of ether oxygens (including phenoxy) is 2. The van der Waals surface area contributed by atoms with Crippen LogP contribution in [0.4, 0.5) is 11.4 Å². The Hall–Kier alpha value is -2.82. The quantitative estimate of drug-likeness (QED) is 0.514. The fourth-order valence-corrected chi connectivity index (χ4v) is 1.73. The van der Waals surface area contributed by atoms with E-state index < -0.39 is 5.97 Å². The van der Waals surface area contributed by atoms with Gasteiger partial charge in [-0.25, -0.2) is 4.79 Å². The van der Waals surface area contributed by atoms with E-state index in [1.54, 1.807) is 37.4 Å². The number of rotatable bonds is 5. The van der Waals surface area contributed by atoms with Crippen molar-refractivity contribution in [2.45, 2.75) is 0 Å². The fourth-order valence-electron chi connectivity index (χ4n) is 1.73. The lowest BCUT2D eigenvalue weighted by atomic mass is 10.1. The maximum atomic E-state index is 11.7. The van der Waals surface area contributed by atoms with Crippen LogP contribution < -0.4 is 10.1 Å². The van der Waals surface area contributed by atoms with Gasteiger partial charge in [0.25, 0.3) is 0 Å².